The number of hydrogen-bond acceptors (Lipinski definition) is 8. The lowest BCUT2D eigenvalue weighted by Gasteiger charge is -2.21. The zero-order valence-corrected chi connectivity index (χ0v) is 23.1. The molecule has 1 aliphatic rings. The lowest BCUT2D eigenvalue weighted by atomic mass is 10.00. The van der Waals surface area contributed by atoms with Crippen LogP contribution < -0.4 is 14.8 Å². The molecule has 39 heavy (non-hydrogen) atoms. The summed E-state index contributed by atoms with van der Waals surface area (Å²) in [6.45, 7) is 10.7. The number of carboxylic acids is 1. The standard InChI is InChI=1S/C29H35NO9/c1-28(2,3)38-22(31)14-10-17-9-13-21-24(23(17)25(32)33)36-15-7-8-18-16-19(11-12-20(18)26(34)37-21)30-27(35)39-29(4,5)6/h9,11-13,16H,7-8,10,14-15H2,1-6H3,(H,30,35)(H,32,33). The number of esters is 2. The third-order valence-electron chi connectivity index (χ3n) is 5.45. The molecule has 0 aliphatic carbocycles. The minimum atomic E-state index is -1.27. The van der Waals surface area contributed by atoms with Gasteiger partial charge in [0, 0.05) is 12.1 Å². The Balaban J connectivity index is 1.86. The van der Waals surface area contributed by atoms with Crippen molar-refractivity contribution >= 4 is 29.7 Å². The van der Waals surface area contributed by atoms with Crippen LogP contribution in [0, 0.1) is 0 Å². The van der Waals surface area contributed by atoms with E-state index in [0.717, 1.165) is 0 Å². The molecule has 1 heterocycles. The van der Waals surface area contributed by atoms with Gasteiger partial charge in [0.2, 0.25) is 0 Å². The van der Waals surface area contributed by atoms with Gasteiger partial charge in [-0.2, -0.15) is 0 Å². The lowest BCUT2D eigenvalue weighted by Crippen LogP contribution is -2.27. The fourth-order valence-electron chi connectivity index (χ4n) is 3.99. The summed E-state index contributed by atoms with van der Waals surface area (Å²) >= 11 is 0. The lowest BCUT2D eigenvalue weighted by molar-refractivity contribution is -0.154. The number of aryl methyl sites for hydroxylation is 2. The minimum absolute atomic E-state index is 0.0246. The number of carbonyl (C=O) groups is 4. The fraction of sp³-hybridized carbons (Fsp3) is 0.448. The van der Waals surface area contributed by atoms with Crippen LogP contribution >= 0.6 is 0 Å². The highest BCUT2D eigenvalue weighted by Crippen LogP contribution is 2.36. The van der Waals surface area contributed by atoms with Gasteiger partial charge in [-0.05, 0) is 96.2 Å². The van der Waals surface area contributed by atoms with Crippen LogP contribution in [0.15, 0.2) is 30.3 Å². The van der Waals surface area contributed by atoms with E-state index in [1.807, 2.05) is 0 Å². The molecule has 0 bridgehead atoms. The highest BCUT2D eigenvalue weighted by atomic mass is 16.6. The molecular formula is C29H35NO9. The molecule has 2 N–H and O–H groups in total. The molecule has 0 unspecified atom stereocenters. The highest BCUT2D eigenvalue weighted by molar-refractivity contribution is 5.97. The largest absolute Gasteiger partial charge is 0.489 e. The maximum Gasteiger partial charge on any atom is 0.412 e. The van der Waals surface area contributed by atoms with Crippen molar-refractivity contribution in [3.63, 3.8) is 0 Å². The van der Waals surface area contributed by atoms with Crippen molar-refractivity contribution in [2.75, 3.05) is 11.9 Å². The van der Waals surface area contributed by atoms with Crippen LogP contribution in [0.2, 0.25) is 0 Å². The van der Waals surface area contributed by atoms with E-state index in [9.17, 15) is 24.3 Å². The molecule has 210 valence electrons. The number of ether oxygens (including phenoxy) is 4. The summed E-state index contributed by atoms with van der Waals surface area (Å²) < 4.78 is 22.0. The molecule has 0 saturated heterocycles. The zero-order valence-electron chi connectivity index (χ0n) is 23.1. The number of carboxylic acid groups (broad SMARTS) is 1. The predicted octanol–water partition coefficient (Wildman–Crippen LogP) is 5.55. The Hall–Kier alpha value is -4.08. The normalized spacial score (nSPS) is 13.6. The highest BCUT2D eigenvalue weighted by Gasteiger charge is 2.27. The second-order valence-electron chi connectivity index (χ2n) is 11.2. The number of aromatic carboxylic acids is 1. The Labute approximate surface area is 227 Å². The summed E-state index contributed by atoms with van der Waals surface area (Å²) in [6.07, 6.45) is 0.327. The van der Waals surface area contributed by atoms with Crippen LogP contribution in [0.5, 0.6) is 11.5 Å². The summed E-state index contributed by atoms with van der Waals surface area (Å²) in [4.78, 5) is 49.7. The molecule has 0 fully saturated rings. The van der Waals surface area contributed by atoms with Crippen LogP contribution in [0.1, 0.15) is 86.2 Å². The summed E-state index contributed by atoms with van der Waals surface area (Å²) in [5, 5.41) is 12.6. The Morgan fingerprint density at radius 1 is 1.00 bits per heavy atom. The van der Waals surface area contributed by atoms with E-state index in [1.54, 1.807) is 59.7 Å². The minimum Gasteiger partial charge on any atom is -0.489 e. The maximum atomic E-state index is 13.1. The van der Waals surface area contributed by atoms with E-state index in [0.29, 0.717) is 29.7 Å². The van der Waals surface area contributed by atoms with Crippen molar-refractivity contribution < 1.29 is 43.2 Å². The van der Waals surface area contributed by atoms with Gasteiger partial charge in [-0.15, -0.1) is 0 Å². The zero-order chi connectivity index (χ0) is 29.0. The van der Waals surface area contributed by atoms with Gasteiger partial charge in [-0.3, -0.25) is 10.1 Å². The summed E-state index contributed by atoms with van der Waals surface area (Å²) in [5.41, 5.74) is 0.242. The van der Waals surface area contributed by atoms with Crippen molar-refractivity contribution in [1.82, 2.24) is 0 Å². The van der Waals surface area contributed by atoms with Crippen molar-refractivity contribution in [2.45, 2.75) is 78.4 Å². The van der Waals surface area contributed by atoms with Gasteiger partial charge in [0.15, 0.2) is 11.5 Å². The number of benzene rings is 2. The van der Waals surface area contributed by atoms with Crippen LogP contribution in [0.25, 0.3) is 0 Å². The van der Waals surface area contributed by atoms with E-state index in [2.05, 4.69) is 5.32 Å². The number of nitrogens with one attached hydrogen (secondary N) is 1. The van der Waals surface area contributed by atoms with Gasteiger partial charge in [0.25, 0.3) is 0 Å². The first kappa shape index (κ1) is 29.5. The van der Waals surface area contributed by atoms with Crippen LogP contribution in [-0.2, 0) is 27.1 Å². The van der Waals surface area contributed by atoms with E-state index in [4.69, 9.17) is 18.9 Å². The van der Waals surface area contributed by atoms with Gasteiger partial charge in [0.05, 0.1) is 12.2 Å². The summed E-state index contributed by atoms with van der Waals surface area (Å²) in [7, 11) is 0. The van der Waals surface area contributed by atoms with Gasteiger partial charge < -0.3 is 24.1 Å². The first-order chi connectivity index (χ1) is 18.1. The molecule has 0 aromatic heterocycles. The molecule has 1 aliphatic heterocycles. The average Bonchev–Trinajstić information content (AvgIpc) is 2.78. The molecule has 0 spiro atoms. The smallest absolute Gasteiger partial charge is 0.412 e. The Bertz CT molecular complexity index is 1270. The van der Waals surface area contributed by atoms with E-state index in [-0.39, 0.29) is 42.1 Å². The number of carbonyl (C=O) groups excluding carboxylic acids is 3. The second-order valence-corrected chi connectivity index (χ2v) is 11.2. The first-order valence-electron chi connectivity index (χ1n) is 12.7. The van der Waals surface area contributed by atoms with Crippen molar-refractivity contribution in [2.24, 2.45) is 0 Å². The molecule has 0 saturated carbocycles. The fourth-order valence-corrected chi connectivity index (χ4v) is 3.99. The molecule has 3 rings (SSSR count). The van der Waals surface area contributed by atoms with Gasteiger partial charge in [0.1, 0.15) is 16.8 Å². The van der Waals surface area contributed by atoms with Gasteiger partial charge in [-0.25, -0.2) is 14.4 Å². The molecule has 2 aromatic rings. The number of amides is 1. The molecule has 0 atom stereocenters. The van der Waals surface area contributed by atoms with E-state index < -0.39 is 35.2 Å². The first-order valence-corrected chi connectivity index (χ1v) is 12.7. The van der Waals surface area contributed by atoms with E-state index in [1.165, 1.54) is 12.1 Å². The topological polar surface area (TPSA) is 137 Å². The average molecular weight is 542 g/mol. The molecule has 2 aromatic carbocycles. The summed E-state index contributed by atoms with van der Waals surface area (Å²) in [6, 6.07) is 7.74. The Morgan fingerprint density at radius 2 is 1.69 bits per heavy atom. The monoisotopic (exact) mass is 541 g/mol. The molecule has 1 amide bonds. The number of fused-ring (bicyclic) bond motifs is 2. The number of anilines is 1. The SMILES string of the molecule is CC(C)(C)OC(=O)CCc1ccc2c(c1C(=O)O)OCCCc1cc(NC(=O)OC(C)(C)C)ccc1C(=O)O2. The Kier molecular flexibility index (Phi) is 8.88. The van der Waals surface area contributed by atoms with Crippen LogP contribution in [-0.4, -0.2) is 46.9 Å². The van der Waals surface area contributed by atoms with Crippen molar-refractivity contribution in [3.8, 4) is 11.5 Å². The molecule has 10 heteroatoms. The van der Waals surface area contributed by atoms with Crippen molar-refractivity contribution in [1.29, 1.82) is 0 Å². The summed E-state index contributed by atoms with van der Waals surface area (Å²) in [5.74, 6) is -2.52. The molecule has 10 nitrogen and oxygen atoms in total. The maximum absolute atomic E-state index is 13.1. The van der Waals surface area contributed by atoms with Crippen LogP contribution in [0.3, 0.4) is 0 Å². The molecule has 0 radical (unpaired) electrons. The third-order valence-corrected chi connectivity index (χ3v) is 5.45. The Morgan fingerprint density at radius 3 is 2.33 bits per heavy atom. The van der Waals surface area contributed by atoms with Gasteiger partial charge >= 0.3 is 24.0 Å². The quantitative estimate of drug-likeness (QED) is 0.368. The van der Waals surface area contributed by atoms with E-state index >= 15 is 0 Å². The number of hydrogen-bond donors (Lipinski definition) is 2. The number of rotatable bonds is 5. The van der Waals surface area contributed by atoms with Gasteiger partial charge in [-0.1, -0.05) is 6.07 Å². The van der Waals surface area contributed by atoms with Crippen molar-refractivity contribution in [3.05, 3.63) is 52.6 Å². The third kappa shape index (κ3) is 8.46. The predicted molar refractivity (Wildman–Crippen MR) is 143 cm³/mol. The second kappa shape index (κ2) is 11.8. The molecular weight excluding hydrogens is 506 g/mol. The van der Waals surface area contributed by atoms with Crippen LogP contribution in [0.4, 0.5) is 10.5 Å².